The summed E-state index contributed by atoms with van der Waals surface area (Å²) < 4.78 is 0. The van der Waals surface area contributed by atoms with Crippen molar-refractivity contribution in [3.63, 3.8) is 0 Å². The van der Waals surface area contributed by atoms with Crippen LogP contribution in [0.2, 0.25) is 0 Å². The largest absolute Gasteiger partial charge is 0.0836 e. The van der Waals surface area contributed by atoms with Gasteiger partial charge in [-0.15, -0.1) is 0 Å². The SMILES string of the molecule is CC1CCCC1C(Br)c1ccc2c(c1)CCC2. The maximum atomic E-state index is 3.96. The Hall–Kier alpha value is -0.300. The van der Waals surface area contributed by atoms with Crippen LogP contribution in [0, 0.1) is 11.8 Å². The van der Waals surface area contributed by atoms with Crippen LogP contribution in [-0.4, -0.2) is 0 Å². The molecule has 17 heavy (non-hydrogen) atoms. The molecule has 1 aromatic carbocycles. The van der Waals surface area contributed by atoms with Crippen molar-refractivity contribution in [2.75, 3.05) is 0 Å². The number of rotatable bonds is 2. The summed E-state index contributed by atoms with van der Waals surface area (Å²) in [5.74, 6) is 1.72. The second-order valence-electron chi connectivity index (χ2n) is 5.86. The van der Waals surface area contributed by atoms with Crippen LogP contribution < -0.4 is 0 Å². The highest BCUT2D eigenvalue weighted by molar-refractivity contribution is 9.09. The van der Waals surface area contributed by atoms with E-state index in [-0.39, 0.29) is 0 Å². The Morgan fingerprint density at radius 3 is 2.71 bits per heavy atom. The molecule has 0 bridgehead atoms. The van der Waals surface area contributed by atoms with Crippen molar-refractivity contribution >= 4 is 15.9 Å². The lowest BCUT2D eigenvalue weighted by atomic mass is 9.90. The Morgan fingerprint density at radius 1 is 1.12 bits per heavy atom. The molecule has 1 saturated carbocycles. The highest BCUT2D eigenvalue weighted by Gasteiger charge is 2.30. The molecule has 0 aliphatic heterocycles. The molecule has 0 saturated heterocycles. The monoisotopic (exact) mass is 292 g/mol. The third kappa shape index (κ3) is 2.19. The topological polar surface area (TPSA) is 0 Å². The highest BCUT2D eigenvalue weighted by atomic mass is 79.9. The van der Waals surface area contributed by atoms with Crippen LogP contribution in [0.15, 0.2) is 18.2 Å². The first-order valence-electron chi connectivity index (χ1n) is 7.01. The molecule has 0 radical (unpaired) electrons. The van der Waals surface area contributed by atoms with E-state index in [0.717, 1.165) is 11.8 Å². The number of halogens is 1. The molecule has 0 spiro atoms. The molecule has 0 amide bonds. The summed E-state index contributed by atoms with van der Waals surface area (Å²) in [7, 11) is 0. The van der Waals surface area contributed by atoms with Crippen LogP contribution in [0.4, 0.5) is 0 Å². The molecular formula is C16H21Br. The van der Waals surface area contributed by atoms with Gasteiger partial charge in [0.05, 0.1) is 0 Å². The van der Waals surface area contributed by atoms with Crippen molar-refractivity contribution in [3.05, 3.63) is 34.9 Å². The van der Waals surface area contributed by atoms with E-state index in [0.29, 0.717) is 4.83 Å². The van der Waals surface area contributed by atoms with Crippen LogP contribution in [0.5, 0.6) is 0 Å². The average molecular weight is 293 g/mol. The van der Waals surface area contributed by atoms with E-state index in [9.17, 15) is 0 Å². The molecule has 0 heterocycles. The summed E-state index contributed by atoms with van der Waals surface area (Å²) >= 11 is 3.96. The Kier molecular flexibility index (Phi) is 3.30. The van der Waals surface area contributed by atoms with Gasteiger partial charge in [-0.25, -0.2) is 0 Å². The molecule has 3 rings (SSSR count). The van der Waals surface area contributed by atoms with E-state index in [1.807, 2.05) is 0 Å². The Balaban J connectivity index is 1.83. The minimum atomic E-state index is 0.575. The zero-order valence-corrected chi connectivity index (χ0v) is 12.2. The van der Waals surface area contributed by atoms with Gasteiger partial charge in [-0.2, -0.15) is 0 Å². The van der Waals surface area contributed by atoms with E-state index in [1.54, 1.807) is 11.1 Å². The van der Waals surface area contributed by atoms with Crippen LogP contribution in [0.25, 0.3) is 0 Å². The summed E-state index contributed by atoms with van der Waals surface area (Å²) in [5.41, 5.74) is 4.72. The molecule has 0 nitrogen and oxygen atoms in total. The molecule has 1 aromatic rings. The number of hydrogen-bond acceptors (Lipinski definition) is 0. The van der Waals surface area contributed by atoms with E-state index < -0.39 is 0 Å². The maximum Gasteiger partial charge on any atom is 0.0426 e. The number of aryl methyl sites for hydroxylation is 2. The fraction of sp³-hybridized carbons (Fsp3) is 0.625. The van der Waals surface area contributed by atoms with Gasteiger partial charge >= 0.3 is 0 Å². The summed E-state index contributed by atoms with van der Waals surface area (Å²) in [6, 6.07) is 7.19. The van der Waals surface area contributed by atoms with Crippen LogP contribution >= 0.6 is 15.9 Å². The lowest BCUT2D eigenvalue weighted by Crippen LogP contribution is -2.10. The van der Waals surface area contributed by atoms with E-state index in [2.05, 4.69) is 41.1 Å². The van der Waals surface area contributed by atoms with E-state index >= 15 is 0 Å². The van der Waals surface area contributed by atoms with Crippen molar-refractivity contribution in [3.8, 4) is 0 Å². The van der Waals surface area contributed by atoms with E-state index in [1.165, 1.54) is 44.1 Å². The lowest BCUT2D eigenvalue weighted by Gasteiger charge is -2.22. The van der Waals surface area contributed by atoms with Gasteiger partial charge in [-0.05, 0) is 54.2 Å². The van der Waals surface area contributed by atoms with Crippen molar-refractivity contribution in [1.29, 1.82) is 0 Å². The molecule has 2 aliphatic carbocycles. The quantitative estimate of drug-likeness (QED) is 0.669. The van der Waals surface area contributed by atoms with Gasteiger partial charge in [0.25, 0.3) is 0 Å². The summed E-state index contributed by atoms with van der Waals surface area (Å²) in [4.78, 5) is 0.575. The van der Waals surface area contributed by atoms with Gasteiger partial charge in [0.15, 0.2) is 0 Å². The predicted octanol–water partition coefficient (Wildman–Crippen LogP) is 5.05. The maximum absolute atomic E-state index is 3.96. The van der Waals surface area contributed by atoms with Crippen LogP contribution in [0.3, 0.4) is 0 Å². The summed E-state index contributed by atoms with van der Waals surface area (Å²) in [6.45, 7) is 2.42. The Labute approximate surface area is 113 Å². The van der Waals surface area contributed by atoms with Crippen molar-refractivity contribution in [1.82, 2.24) is 0 Å². The fourth-order valence-electron chi connectivity index (χ4n) is 3.62. The molecule has 3 unspecified atom stereocenters. The van der Waals surface area contributed by atoms with Crippen LogP contribution in [-0.2, 0) is 12.8 Å². The second kappa shape index (κ2) is 4.76. The minimum Gasteiger partial charge on any atom is -0.0836 e. The molecule has 1 fully saturated rings. The highest BCUT2D eigenvalue weighted by Crippen LogP contribution is 2.45. The van der Waals surface area contributed by atoms with Gasteiger partial charge in [0.1, 0.15) is 0 Å². The summed E-state index contributed by atoms with van der Waals surface area (Å²) in [5, 5.41) is 0. The molecular weight excluding hydrogens is 272 g/mol. The van der Waals surface area contributed by atoms with Gasteiger partial charge in [0.2, 0.25) is 0 Å². The summed E-state index contributed by atoms with van der Waals surface area (Å²) in [6.07, 6.45) is 8.17. The second-order valence-corrected chi connectivity index (χ2v) is 6.84. The number of hydrogen-bond donors (Lipinski definition) is 0. The molecule has 2 aliphatic rings. The number of fused-ring (bicyclic) bond motifs is 1. The molecule has 92 valence electrons. The van der Waals surface area contributed by atoms with Gasteiger partial charge in [-0.1, -0.05) is 53.9 Å². The van der Waals surface area contributed by atoms with Gasteiger partial charge in [-0.3, -0.25) is 0 Å². The van der Waals surface area contributed by atoms with Gasteiger partial charge < -0.3 is 0 Å². The first-order valence-corrected chi connectivity index (χ1v) is 7.93. The van der Waals surface area contributed by atoms with Gasteiger partial charge in [0, 0.05) is 4.83 Å². The Morgan fingerprint density at radius 2 is 1.94 bits per heavy atom. The van der Waals surface area contributed by atoms with Crippen LogP contribution in [0.1, 0.15) is 54.1 Å². The third-order valence-electron chi connectivity index (χ3n) is 4.74. The Bertz CT molecular complexity index is 410. The number of benzene rings is 1. The first kappa shape index (κ1) is 11.8. The fourth-order valence-corrected chi connectivity index (χ4v) is 4.69. The minimum absolute atomic E-state index is 0.575. The van der Waals surface area contributed by atoms with Crippen molar-refractivity contribution in [2.24, 2.45) is 11.8 Å². The average Bonchev–Trinajstić information content (AvgIpc) is 2.95. The molecule has 1 heteroatoms. The third-order valence-corrected chi connectivity index (χ3v) is 5.95. The van der Waals surface area contributed by atoms with Crippen molar-refractivity contribution in [2.45, 2.75) is 50.3 Å². The van der Waals surface area contributed by atoms with Crippen molar-refractivity contribution < 1.29 is 0 Å². The molecule has 0 N–H and O–H groups in total. The molecule has 3 atom stereocenters. The normalized spacial score (nSPS) is 29.3. The first-order chi connectivity index (χ1) is 8.25. The molecule has 0 aromatic heterocycles. The zero-order valence-electron chi connectivity index (χ0n) is 10.6. The zero-order chi connectivity index (χ0) is 11.8. The lowest BCUT2D eigenvalue weighted by molar-refractivity contribution is 0.414. The number of alkyl halides is 1. The van der Waals surface area contributed by atoms with E-state index in [4.69, 9.17) is 0 Å². The predicted molar refractivity (Wildman–Crippen MR) is 76.6 cm³/mol. The smallest absolute Gasteiger partial charge is 0.0426 e. The standard InChI is InChI=1S/C16H21Br/c1-11-4-2-7-15(11)16(17)14-9-8-12-5-3-6-13(12)10-14/h8-11,15-16H,2-7H2,1H3.